The Bertz CT molecular complexity index is 896. The Morgan fingerprint density at radius 3 is 2.57 bits per heavy atom. The minimum atomic E-state index is -0.247. The van der Waals surface area contributed by atoms with Gasteiger partial charge in [0.25, 0.3) is 0 Å². The van der Waals surface area contributed by atoms with Crippen LogP contribution in [0.15, 0.2) is 30.5 Å². The number of halogens is 1. The number of aryl methyl sites for hydroxylation is 1. The first-order chi connectivity index (χ1) is 13.4. The van der Waals surface area contributed by atoms with Crippen molar-refractivity contribution in [3.63, 3.8) is 0 Å². The number of benzene rings is 1. The third kappa shape index (κ3) is 3.84. The number of ether oxygens (including phenoxy) is 1. The van der Waals surface area contributed by atoms with E-state index in [0.29, 0.717) is 31.5 Å². The van der Waals surface area contributed by atoms with Crippen molar-refractivity contribution < 1.29 is 14.3 Å². The number of nitrogens with zero attached hydrogens (tertiary/aromatic N) is 3. The lowest BCUT2D eigenvalue weighted by Crippen LogP contribution is -2.34. The number of fused-ring (bicyclic) bond motifs is 1. The molecule has 2 heterocycles. The van der Waals surface area contributed by atoms with Crippen LogP contribution >= 0.6 is 11.6 Å². The Balaban J connectivity index is 1.32. The maximum atomic E-state index is 12.7. The minimum absolute atomic E-state index is 0.138. The molecule has 1 saturated carbocycles. The Kier molecular flexibility index (Phi) is 5.25. The number of rotatable bonds is 4. The lowest BCUT2D eigenvalue weighted by molar-refractivity contribution is 0.0383. The fourth-order valence-corrected chi connectivity index (χ4v) is 4.65. The maximum Gasteiger partial charge on any atom is 0.344 e. The molecule has 4 rings (SSSR count). The molecule has 1 aromatic carbocycles. The quantitative estimate of drug-likeness (QED) is 0.728. The largest absolute Gasteiger partial charge is 0.374 e. The molecule has 1 aliphatic heterocycles. The first-order valence-electron chi connectivity index (χ1n) is 9.63. The van der Waals surface area contributed by atoms with E-state index in [1.165, 1.54) is 28.9 Å². The summed E-state index contributed by atoms with van der Waals surface area (Å²) >= 11 is 6.01. The molecule has 0 radical (unpaired) electrons. The highest BCUT2D eigenvalue weighted by molar-refractivity contribution is 6.33. The molecule has 0 spiro atoms. The second kappa shape index (κ2) is 7.68. The maximum absolute atomic E-state index is 12.7. The number of hydrogen-bond acceptors (Lipinski definition) is 4. The van der Waals surface area contributed by atoms with Crippen molar-refractivity contribution in [3.05, 3.63) is 52.3 Å². The van der Waals surface area contributed by atoms with Crippen LogP contribution in [0.5, 0.6) is 0 Å². The topological polar surface area (TPSA) is 64.4 Å². The van der Waals surface area contributed by atoms with E-state index in [9.17, 15) is 9.59 Å². The fourth-order valence-electron chi connectivity index (χ4n) is 4.39. The van der Waals surface area contributed by atoms with Crippen molar-refractivity contribution in [2.45, 2.75) is 39.4 Å². The first kappa shape index (κ1) is 19.2. The van der Waals surface area contributed by atoms with E-state index in [0.717, 1.165) is 12.8 Å². The van der Waals surface area contributed by atoms with Crippen molar-refractivity contribution in [2.75, 3.05) is 13.1 Å². The van der Waals surface area contributed by atoms with Crippen LogP contribution in [0.25, 0.3) is 0 Å². The highest BCUT2D eigenvalue weighted by Crippen LogP contribution is 2.40. The van der Waals surface area contributed by atoms with Crippen molar-refractivity contribution >= 4 is 23.4 Å². The summed E-state index contributed by atoms with van der Waals surface area (Å²) in [6.45, 7) is 5.50. The summed E-state index contributed by atoms with van der Waals surface area (Å²) in [6, 6.07) is 8.16. The number of ketones is 1. The summed E-state index contributed by atoms with van der Waals surface area (Å²) in [7, 11) is 0. The first-order valence-corrected chi connectivity index (χ1v) is 10.0. The van der Waals surface area contributed by atoms with Gasteiger partial charge < -0.3 is 9.64 Å². The molecule has 3 atom stereocenters. The zero-order valence-corrected chi connectivity index (χ0v) is 16.9. The smallest absolute Gasteiger partial charge is 0.344 e. The van der Waals surface area contributed by atoms with Crippen molar-refractivity contribution in [3.8, 4) is 0 Å². The number of Topliss-reactive ketones (excluding diaryl/α,β-unsaturated/α-hetero) is 1. The second-order valence-corrected chi connectivity index (χ2v) is 8.33. The monoisotopic (exact) mass is 401 g/mol. The van der Waals surface area contributed by atoms with E-state index < -0.39 is 0 Å². The van der Waals surface area contributed by atoms with Gasteiger partial charge in [0.2, 0.25) is 0 Å². The van der Waals surface area contributed by atoms with E-state index in [1.807, 2.05) is 0 Å². The Labute approximate surface area is 169 Å². The van der Waals surface area contributed by atoms with Gasteiger partial charge in [0.1, 0.15) is 5.69 Å². The lowest BCUT2D eigenvalue weighted by Gasteiger charge is -2.19. The van der Waals surface area contributed by atoms with Crippen LogP contribution in [0.2, 0.25) is 5.02 Å². The minimum Gasteiger partial charge on any atom is -0.374 e. The summed E-state index contributed by atoms with van der Waals surface area (Å²) in [5.41, 5.74) is 2.58. The second-order valence-electron chi connectivity index (χ2n) is 7.93. The predicted octanol–water partition coefficient (Wildman–Crippen LogP) is 3.94. The number of carbonyl (C=O) groups excluding carboxylic acids is 2. The number of likely N-dealkylation sites (tertiary alicyclic amines) is 1. The van der Waals surface area contributed by atoms with Crippen LogP contribution in [-0.4, -0.2) is 45.7 Å². The Morgan fingerprint density at radius 1 is 1.25 bits per heavy atom. The number of aromatic nitrogens is 2. The van der Waals surface area contributed by atoms with Gasteiger partial charge >= 0.3 is 6.03 Å². The van der Waals surface area contributed by atoms with Crippen LogP contribution in [0.3, 0.4) is 0 Å². The van der Waals surface area contributed by atoms with Gasteiger partial charge in [-0.2, -0.15) is 9.78 Å². The standard InChI is InChI=1S/C21H24ClN3O3/c1-13-4-3-5-15(6-13)12-28-18-7-16-9-24(10-17(16)8-18)21(27)25-11-19(22)20(23-25)14(2)26/h3-6,11,16-18H,7-10,12H2,1-2H3/t16-,17+,18+. The van der Waals surface area contributed by atoms with Crippen LogP contribution in [-0.2, 0) is 11.3 Å². The van der Waals surface area contributed by atoms with Crippen molar-refractivity contribution in [2.24, 2.45) is 11.8 Å². The van der Waals surface area contributed by atoms with Crippen LogP contribution < -0.4 is 0 Å². The van der Waals surface area contributed by atoms with Gasteiger partial charge in [-0.15, -0.1) is 0 Å². The van der Waals surface area contributed by atoms with Gasteiger partial charge in [0, 0.05) is 20.0 Å². The summed E-state index contributed by atoms with van der Waals surface area (Å²) in [6.07, 6.45) is 3.61. The SMILES string of the molecule is CC(=O)c1nn(C(=O)N2C[C@H]3C[C@H](OCc4cccc(C)c4)C[C@H]3C2)cc1Cl. The molecule has 0 N–H and O–H groups in total. The van der Waals surface area contributed by atoms with E-state index >= 15 is 0 Å². The molecule has 1 aliphatic carbocycles. The summed E-state index contributed by atoms with van der Waals surface area (Å²) < 4.78 is 7.32. The Hall–Kier alpha value is -2.18. The highest BCUT2D eigenvalue weighted by Gasteiger charge is 2.43. The van der Waals surface area contributed by atoms with Gasteiger partial charge in [0.05, 0.1) is 23.9 Å². The average Bonchev–Trinajstić information content (AvgIpc) is 3.32. The normalized spacial score (nSPS) is 23.8. The number of carbonyl (C=O) groups is 2. The molecule has 2 aromatic rings. The molecular formula is C21H24ClN3O3. The zero-order valence-electron chi connectivity index (χ0n) is 16.1. The van der Waals surface area contributed by atoms with E-state index in [1.54, 1.807) is 4.90 Å². The molecule has 6 nitrogen and oxygen atoms in total. The number of hydrogen-bond donors (Lipinski definition) is 0. The molecule has 148 valence electrons. The molecule has 0 bridgehead atoms. The number of amides is 1. The van der Waals surface area contributed by atoms with E-state index in [2.05, 4.69) is 36.3 Å². The van der Waals surface area contributed by atoms with Crippen LogP contribution in [0, 0.1) is 18.8 Å². The third-order valence-corrected chi connectivity index (χ3v) is 6.02. The summed E-state index contributed by atoms with van der Waals surface area (Å²) in [5.74, 6) is 0.651. The lowest BCUT2D eigenvalue weighted by atomic mass is 10.0. The van der Waals surface area contributed by atoms with Crippen molar-refractivity contribution in [1.82, 2.24) is 14.7 Å². The molecule has 28 heavy (non-hydrogen) atoms. The molecule has 0 unspecified atom stereocenters. The van der Waals surface area contributed by atoms with Gasteiger partial charge in [-0.1, -0.05) is 41.4 Å². The molecule has 1 aromatic heterocycles. The van der Waals surface area contributed by atoms with Gasteiger partial charge in [-0.05, 0) is 37.2 Å². The van der Waals surface area contributed by atoms with E-state index in [-0.39, 0.29) is 28.6 Å². The van der Waals surface area contributed by atoms with Gasteiger partial charge in [-0.3, -0.25) is 4.79 Å². The highest BCUT2D eigenvalue weighted by atomic mass is 35.5. The molecule has 7 heteroatoms. The molecule has 1 amide bonds. The van der Waals surface area contributed by atoms with E-state index in [4.69, 9.17) is 16.3 Å². The zero-order chi connectivity index (χ0) is 19.8. The van der Waals surface area contributed by atoms with Crippen LogP contribution in [0.4, 0.5) is 4.79 Å². The van der Waals surface area contributed by atoms with Crippen LogP contribution in [0.1, 0.15) is 41.4 Å². The fraction of sp³-hybridized carbons (Fsp3) is 0.476. The molecular weight excluding hydrogens is 378 g/mol. The third-order valence-electron chi connectivity index (χ3n) is 5.75. The van der Waals surface area contributed by atoms with Gasteiger partial charge in [0.15, 0.2) is 5.78 Å². The summed E-state index contributed by atoms with van der Waals surface area (Å²) in [5, 5.41) is 4.26. The summed E-state index contributed by atoms with van der Waals surface area (Å²) in [4.78, 5) is 26.0. The Morgan fingerprint density at radius 2 is 1.96 bits per heavy atom. The molecule has 2 aliphatic rings. The molecule has 1 saturated heterocycles. The predicted molar refractivity (Wildman–Crippen MR) is 106 cm³/mol. The van der Waals surface area contributed by atoms with Gasteiger partial charge in [-0.25, -0.2) is 4.79 Å². The van der Waals surface area contributed by atoms with Crippen molar-refractivity contribution in [1.29, 1.82) is 0 Å². The molecule has 2 fully saturated rings. The average molecular weight is 402 g/mol.